The molecule has 0 atom stereocenters. The molecule has 24 heavy (non-hydrogen) atoms. The van der Waals surface area contributed by atoms with Gasteiger partial charge in [-0.05, 0) is 31.0 Å². The molecule has 1 amide bonds. The predicted octanol–water partition coefficient (Wildman–Crippen LogP) is 2.52. The Morgan fingerprint density at radius 2 is 2.00 bits per heavy atom. The molecule has 0 radical (unpaired) electrons. The van der Waals surface area contributed by atoms with Gasteiger partial charge in [-0.25, -0.2) is 4.79 Å². The summed E-state index contributed by atoms with van der Waals surface area (Å²) >= 11 is 0. The van der Waals surface area contributed by atoms with E-state index in [4.69, 9.17) is 4.42 Å². The number of aromatic nitrogens is 2. The maximum atomic E-state index is 12.0. The number of carbonyl (C=O) groups excluding carboxylic acids is 2. The van der Waals surface area contributed by atoms with Crippen LogP contribution < -0.4 is 10.6 Å². The molecule has 2 aromatic rings. The summed E-state index contributed by atoms with van der Waals surface area (Å²) < 4.78 is 9.97. The lowest BCUT2D eigenvalue weighted by atomic mass is 10.2. The molecule has 8 heteroatoms. The van der Waals surface area contributed by atoms with Gasteiger partial charge in [-0.3, -0.25) is 4.79 Å². The number of anilines is 2. The Morgan fingerprint density at radius 3 is 2.67 bits per heavy atom. The van der Waals surface area contributed by atoms with Crippen LogP contribution in [0.25, 0.3) is 0 Å². The molecule has 2 rings (SSSR count). The lowest BCUT2D eigenvalue weighted by Gasteiger charge is -2.12. The van der Waals surface area contributed by atoms with E-state index in [2.05, 4.69) is 25.6 Å². The molecule has 0 spiro atoms. The number of carbonyl (C=O) groups is 2. The minimum absolute atomic E-state index is 0.0618. The Labute approximate surface area is 139 Å². The first-order valence-corrected chi connectivity index (χ1v) is 7.67. The average Bonchev–Trinajstić information content (AvgIpc) is 3.07. The number of hydrogen-bond donors (Lipinski definition) is 2. The maximum absolute atomic E-state index is 12.0. The van der Waals surface area contributed by atoms with Crippen molar-refractivity contribution in [2.24, 2.45) is 0 Å². The molecule has 8 nitrogen and oxygen atoms in total. The van der Waals surface area contributed by atoms with Crippen LogP contribution in [0.15, 0.2) is 28.7 Å². The molecule has 0 aliphatic carbocycles. The molecular weight excluding hydrogens is 312 g/mol. The zero-order chi connectivity index (χ0) is 17.5. The normalized spacial score (nSPS) is 10.5. The third-order valence-corrected chi connectivity index (χ3v) is 3.47. The second-order valence-corrected chi connectivity index (χ2v) is 5.10. The van der Waals surface area contributed by atoms with Gasteiger partial charge in [0.25, 0.3) is 0 Å². The van der Waals surface area contributed by atoms with E-state index in [0.29, 0.717) is 11.3 Å². The number of rotatable bonds is 7. The van der Waals surface area contributed by atoms with Gasteiger partial charge in [0.15, 0.2) is 0 Å². The molecule has 0 fully saturated rings. The first-order chi connectivity index (χ1) is 11.6. The van der Waals surface area contributed by atoms with Crippen LogP contribution in [0.2, 0.25) is 0 Å². The zero-order valence-electron chi connectivity index (χ0n) is 13.8. The van der Waals surface area contributed by atoms with Gasteiger partial charge in [0.05, 0.1) is 12.7 Å². The number of benzene rings is 1. The number of methoxy groups -OCH3 is 1. The molecule has 0 aliphatic heterocycles. The number of esters is 1. The number of ether oxygens (including phenoxy) is 1. The lowest BCUT2D eigenvalue weighted by molar-refractivity contribution is 0.0600. The van der Waals surface area contributed by atoms with Crippen molar-refractivity contribution in [3.63, 3.8) is 0 Å². The highest BCUT2D eigenvalue weighted by Crippen LogP contribution is 2.17. The van der Waals surface area contributed by atoms with Crippen LogP contribution >= 0.6 is 0 Å². The number of hydrogen-bond acceptors (Lipinski definition) is 7. The summed E-state index contributed by atoms with van der Waals surface area (Å²) in [7, 11) is 1.31. The van der Waals surface area contributed by atoms with Crippen LogP contribution in [-0.2, 0) is 4.74 Å². The van der Waals surface area contributed by atoms with E-state index < -0.39 is 11.9 Å². The van der Waals surface area contributed by atoms with Crippen LogP contribution in [-0.4, -0.2) is 35.2 Å². The monoisotopic (exact) mass is 332 g/mol. The van der Waals surface area contributed by atoms with Crippen molar-refractivity contribution in [1.29, 1.82) is 0 Å². The smallest absolute Gasteiger partial charge is 0.337 e. The van der Waals surface area contributed by atoms with Crippen LogP contribution in [0.3, 0.4) is 0 Å². The second-order valence-electron chi connectivity index (χ2n) is 5.10. The molecule has 0 saturated carbocycles. The second kappa shape index (κ2) is 8.09. The van der Waals surface area contributed by atoms with E-state index in [1.165, 1.54) is 7.11 Å². The van der Waals surface area contributed by atoms with E-state index in [9.17, 15) is 9.59 Å². The highest BCUT2D eigenvalue weighted by Gasteiger charge is 2.17. The molecule has 0 aliphatic rings. The number of nitrogens with zero attached hydrogens (tertiary/aromatic N) is 2. The van der Waals surface area contributed by atoms with Crippen LogP contribution in [0.4, 0.5) is 11.7 Å². The summed E-state index contributed by atoms with van der Waals surface area (Å²) in [6, 6.07) is 6.75. The summed E-state index contributed by atoms with van der Waals surface area (Å²) in [5.74, 6) is -0.976. The van der Waals surface area contributed by atoms with E-state index in [1.54, 1.807) is 24.3 Å². The fraction of sp³-hybridized carbons (Fsp3) is 0.375. The molecule has 0 saturated heterocycles. The molecule has 128 valence electrons. The Bertz CT molecular complexity index is 710. The third kappa shape index (κ3) is 4.31. The molecule has 0 unspecified atom stereocenters. The lowest BCUT2D eigenvalue weighted by Crippen LogP contribution is -2.34. The SMILES string of the molecule is CCC(CC)NC(=O)c1nnc(Nc2cccc(C(=O)OC)c2)o1. The van der Waals surface area contributed by atoms with Gasteiger partial charge >= 0.3 is 23.8 Å². The van der Waals surface area contributed by atoms with Gasteiger partial charge < -0.3 is 19.8 Å². The summed E-state index contributed by atoms with van der Waals surface area (Å²) in [6.45, 7) is 3.98. The Kier molecular flexibility index (Phi) is 5.89. The summed E-state index contributed by atoms with van der Waals surface area (Å²) in [4.78, 5) is 23.5. The highest BCUT2D eigenvalue weighted by molar-refractivity contribution is 5.91. The Hall–Kier alpha value is -2.90. The molecule has 2 N–H and O–H groups in total. The Morgan fingerprint density at radius 1 is 1.25 bits per heavy atom. The number of amides is 1. The fourth-order valence-electron chi connectivity index (χ4n) is 2.07. The van der Waals surface area contributed by atoms with Crippen molar-refractivity contribution in [3.8, 4) is 0 Å². The van der Waals surface area contributed by atoms with Gasteiger partial charge in [-0.2, -0.15) is 0 Å². The number of nitrogens with one attached hydrogen (secondary N) is 2. The average molecular weight is 332 g/mol. The molecule has 1 heterocycles. The molecule has 1 aromatic heterocycles. The van der Waals surface area contributed by atoms with Crippen molar-refractivity contribution < 1.29 is 18.7 Å². The quantitative estimate of drug-likeness (QED) is 0.750. The van der Waals surface area contributed by atoms with Crippen molar-refractivity contribution in [1.82, 2.24) is 15.5 Å². The first kappa shape index (κ1) is 17.5. The minimum Gasteiger partial charge on any atom is -0.465 e. The van der Waals surface area contributed by atoms with E-state index in [-0.39, 0.29) is 17.9 Å². The fourth-order valence-corrected chi connectivity index (χ4v) is 2.07. The largest absolute Gasteiger partial charge is 0.465 e. The van der Waals surface area contributed by atoms with Crippen LogP contribution in [0.1, 0.15) is 47.7 Å². The first-order valence-electron chi connectivity index (χ1n) is 7.67. The standard InChI is InChI=1S/C16H20N4O4/c1-4-11(5-2)17-13(21)14-19-20-16(24-14)18-12-8-6-7-10(9-12)15(22)23-3/h6-9,11H,4-5H2,1-3H3,(H,17,21)(H,18,20). The highest BCUT2D eigenvalue weighted by atomic mass is 16.5. The molecular formula is C16H20N4O4. The molecule has 0 bridgehead atoms. The third-order valence-electron chi connectivity index (χ3n) is 3.47. The van der Waals surface area contributed by atoms with E-state index >= 15 is 0 Å². The van der Waals surface area contributed by atoms with Gasteiger partial charge in [0.1, 0.15) is 0 Å². The minimum atomic E-state index is -0.450. The summed E-state index contributed by atoms with van der Waals surface area (Å²) in [6.07, 6.45) is 1.64. The maximum Gasteiger partial charge on any atom is 0.337 e. The summed E-state index contributed by atoms with van der Waals surface area (Å²) in [5.41, 5.74) is 0.946. The van der Waals surface area contributed by atoms with Crippen LogP contribution in [0, 0.1) is 0 Å². The predicted molar refractivity (Wildman–Crippen MR) is 87.2 cm³/mol. The van der Waals surface area contributed by atoms with Crippen molar-refractivity contribution in [2.45, 2.75) is 32.7 Å². The Balaban J connectivity index is 2.06. The van der Waals surface area contributed by atoms with E-state index in [1.807, 2.05) is 13.8 Å². The van der Waals surface area contributed by atoms with Crippen molar-refractivity contribution in [3.05, 3.63) is 35.7 Å². The van der Waals surface area contributed by atoms with Gasteiger partial charge in [0, 0.05) is 11.7 Å². The molecule has 1 aromatic carbocycles. The van der Waals surface area contributed by atoms with Crippen molar-refractivity contribution >= 4 is 23.6 Å². The van der Waals surface area contributed by atoms with Crippen LogP contribution in [0.5, 0.6) is 0 Å². The zero-order valence-corrected chi connectivity index (χ0v) is 13.8. The van der Waals surface area contributed by atoms with Gasteiger partial charge in [0.2, 0.25) is 0 Å². The van der Waals surface area contributed by atoms with Crippen molar-refractivity contribution in [2.75, 3.05) is 12.4 Å². The van der Waals surface area contributed by atoms with E-state index in [0.717, 1.165) is 12.8 Å². The summed E-state index contributed by atoms with van der Waals surface area (Å²) in [5, 5.41) is 13.2. The van der Waals surface area contributed by atoms with Gasteiger partial charge in [-0.1, -0.05) is 25.0 Å². The van der Waals surface area contributed by atoms with Gasteiger partial charge in [-0.15, -0.1) is 5.10 Å². The topological polar surface area (TPSA) is 106 Å².